The Bertz CT molecular complexity index is 709. The summed E-state index contributed by atoms with van der Waals surface area (Å²) in [6.07, 6.45) is -0.240. The van der Waals surface area contributed by atoms with Gasteiger partial charge in [0.25, 0.3) is 0 Å². The van der Waals surface area contributed by atoms with Gasteiger partial charge in [0.2, 0.25) is 11.8 Å². The molecule has 0 saturated carbocycles. The van der Waals surface area contributed by atoms with Crippen molar-refractivity contribution in [3.05, 3.63) is 35.9 Å². The normalized spacial score (nSPS) is 17.4. The number of primary amides is 1. The maximum absolute atomic E-state index is 13.1. The van der Waals surface area contributed by atoms with Gasteiger partial charge in [0.15, 0.2) is 5.92 Å². The summed E-state index contributed by atoms with van der Waals surface area (Å²) in [4.78, 5) is 38.8. The number of amides is 2. The van der Waals surface area contributed by atoms with Gasteiger partial charge in [-0.25, -0.2) is 0 Å². The minimum atomic E-state index is -1.29. The Labute approximate surface area is 171 Å². The molecule has 0 radical (unpaired) electrons. The molecule has 1 fully saturated rings. The Hall–Kier alpha value is -2.45. The number of likely N-dealkylation sites (tertiary alicyclic amines) is 1. The van der Waals surface area contributed by atoms with Crippen LogP contribution in [0.5, 0.6) is 0 Å². The third-order valence-corrected chi connectivity index (χ3v) is 4.75. The van der Waals surface area contributed by atoms with Crippen molar-refractivity contribution in [1.29, 1.82) is 0 Å². The topological polar surface area (TPSA) is 125 Å². The summed E-state index contributed by atoms with van der Waals surface area (Å²) in [6, 6.07) is 9.34. The number of carbonyl (C=O) groups is 3. The van der Waals surface area contributed by atoms with E-state index in [1.54, 1.807) is 20.8 Å². The van der Waals surface area contributed by atoms with Crippen LogP contribution in [-0.4, -0.2) is 47.6 Å². The van der Waals surface area contributed by atoms with Gasteiger partial charge in [0.05, 0.1) is 6.61 Å². The van der Waals surface area contributed by atoms with Crippen LogP contribution in [0.4, 0.5) is 0 Å². The van der Waals surface area contributed by atoms with E-state index in [0.717, 1.165) is 5.56 Å². The smallest absolute Gasteiger partial charge is 0.323 e. The number of nitrogens with zero attached hydrogens (tertiary/aromatic N) is 1. The quantitative estimate of drug-likeness (QED) is 0.398. The first kappa shape index (κ1) is 22.8. The van der Waals surface area contributed by atoms with Gasteiger partial charge in [0.1, 0.15) is 11.8 Å². The second-order valence-corrected chi connectivity index (χ2v) is 8.27. The molecule has 0 spiro atoms. The lowest BCUT2D eigenvalue weighted by Crippen LogP contribution is -2.52. The Morgan fingerprint density at radius 1 is 1.14 bits per heavy atom. The molecule has 160 valence electrons. The molecule has 8 nitrogen and oxygen atoms in total. The van der Waals surface area contributed by atoms with Crippen LogP contribution in [0.15, 0.2) is 30.3 Å². The molecule has 29 heavy (non-hydrogen) atoms. The first-order valence-corrected chi connectivity index (χ1v) is 9.80. The molecule has 4 N–H and O–H groups in total. The fourth-order valence-electron chi connectivity index (χ4n) is 3.18. The largest absolute Gasteiger partial charge is 0.459 e. The standard InChI is InChI=1S/C21H31N3O5/c1-21(2,3)29-20(27)16(18(23)28-13-14-7-5-4-6-8-14)19(26)24-11-9-15(10-12-24)17(22)25/h4-8,15-16,18H,9-13,23H2,1-3H3,(H2,22,25). The predicted octanol–water partition coefficient (Wildman–Crippen LogP) is 1.17. The first-order chi connectivity index (χ1) is 13.6. The lowest BCUT2D eigenvalue weighted by atomic mass is 9.94. The summed E-state index contributed by atoms with van der Waals surface area (Å²) in [6.45, 7) is 6.00. The number of benzene rings is 1. The van der Waals surface area contributed by atoms with E-state index >= 15 is 0 Å². The van der Waals surface area contributed by atoms with Crippen LogP contribution in [0.25, 0.3) is 0 Å². The molecule has 2 rings (SSSR count). The molecule has 8 heteroatoms. The summed E-state index contributed by atoms with van der Waals surface area (Å²) in [5.41, 5.74) is 11.6. The summed E-state index contributed by atoms with van der Waals surface area (Å²) in [5, 5.41) is 0. The van der Waals surface area contributed by atoms with Crippen molar-refractivity contribution in [2.24, 2.45) is 23.3 Å². The van der Waals surface area contributed by atoms with Crippen molar-refractivity contribution in [3.8, 4) is 0 Å². The molecule has 2 amide bonds. The van der Waals surface area contributed by atoms with E-state index < -0.39 is 29.6 Å². The van der Waals surface area contributed by atoms with E-state index in [2.05, 4.69) is 0 Å². The molecule has 2 atom stereocenters. The predicted molar refractivity (Wildman–Crippen MR) is 107 cm³/mol. The van der Waals surface area contributed by atoms with E-state index in [1.807, 2.05) is 30.3 Å². The van der Waals surface area contributed by atoms with Crippen LogP contribution in [0, 0.1) is 11.8 Å². The van der Waals surface area contributed by atoms with E-state index in [1.165, 1.54) is 4.90 Å². The fourth-order valence-corrected chi connectivity index (χ4v) is 3.18. The zero-order chi connectivity index (χ0) is 21.6. The molecule has 1 aliphatic rings. The van der Waals surface area contributed by atoms with Crippen LogP contribution < -0.4 is 11.5 Å². The van der Waals surface area contributed by atoms with Crippen molar-refractivity contribution in [2.75, 3.05) is 13.1 Å². The Kier molecular flexibility index (Phi) is 7.75. The number of piperidine rings is 1. The zero-order valence-electron chi connectivity index (χ0n) is 17.3. The lowest BCUT2D eigenvalue weighted by Gasteiger charge is -2.34. The number of rotatable bonds is 7. The molecule has 0 aromatic heterocycles. The number of hydrogen-bond acceptors (Lipinski definition) is 6. The monoisotopic (exact) mass is 405 g/mol. The highest BCUT2D eigenvalue weighted by Gasteiger charge is 2.41. The van der Waals surface area contributed by atoms with E-state index in [0.29, 0.717) is 25.9 Å². The molecule has 1 aromatic carbocycles. The molecule has 2 unspecified atom stereocenters. The summed E-state index contributed by atoms with van der Waals surface area (Å²) in [5.74, 6) is -3.10. The van der Waals surface area contributed by atoms with Crippen molar-refractivity contribution in [3.63, 3.8) is 0 Å². The van der Waals surface area contributed by atoms with Crippen LogP contribution >= 0.6 is 0 Å². The van der Waals surface area contributed by atoms with E-state index in [9.17, 15) is 14.4 Å². The zero-order valence-corrected chi connectivity index (χ0v) is 17.3. The number of esters is 1. The van der Waals surface area contributed by atoms with Crippen LogP contribution in [-0.2, 0) is 30.5 Å². The first-order valence-electron chi connectivity index (χ1n) is 9.80. The minimum absolute atomic E-state index is 0.165. The van der Waals surface area contributed by atoms with Crippen molar-refractivity contribution in [2.45, 2.75) is 52.0 Å². The number of hydrogen-bond donors (Lipinski definition) is 2. The van der Waals surface area contributed by atoms with Crippen molar-refractivity contribution < 1.29 is 23.9 Å². The molecular formula is C21H31N3O5. The fraction of sp³-hybridized carbons (Fsp3) is 0.571. The average molecular weight is 405 g/mol. The molecular weight excluding hydrogens is 374 g/mol. The van der Waals surface area contributed by atoms with Gasteiger partial charge < -0.3 is 25.8 Å². The van der Waals surface area contributed by atoms with Crippen LogP contribution in [0.1, 0.15) is 39.2 Å². The third kappa shape index (κ3) is 6.83. The SMILES string of the molecule is CC(C)(C)OC(=O)C(C(=O)N1CCC(C(N)=O)CC1)C(N)OCc1ccccc1. The Balaban J connectivity index is 2.10. The summed E-state index contributed by atoms with van der Waals surface area (Å²) >= 11 is 0. The van der Waals surface area contributed by atoms with Gasteiger partial charge in [-0.15, -0.1) is 0 Å². The van der Waals surface area contributed by atoms with E-state index in [-0.39, 0.29) is 18.4 Å². The third-order valence-electron chi connectivity index (χ3n) is 4.75. The molecule has 1 saturated heterocycles. The lowest BCUT2D eigenvalue weighted by molar-refractivity contribution is -0.172. The molecule has 0 aliphatic carbocycles. The van der Waals surface area contributed by atoms with Crippen molar-refractivity contribution >= 4 is 17.8 Å². The van der Waals surface area contributed by atoms with Gasteiger partial charge in [0, 0.05) is 19.0 Å². The van der Waals surface area contributed by atoms with Gasteiger partial charge >= 0.3 is 5.97 Å². The highest BCUT2D eigenvalue weighted by molar-refractivity contribution is 5.98. The maximum Gasteiger partial charge on any atom is 0.323 e. The highest BCUT2D eigenvalue weighted by atomic mass is 16.6. The Morgan fingerprint density at radius 3 is 2.24 bits per heavy atom. The number of carbonyl (C=O) groups excluding carboxylic acids is 3. The Morgan fingerprint density at radius 2 is 1.72 bits per heavy atom. The summed E-state index contributed by atoms with van der Waals surface area (Å²) < 4.78 is 11.1. The summed E-state index contributed by atoms with van der Waals surface area (Å²) in [7, 11) is 0. The van der Waals surface area contributed by atoms with Crippen molar-refractivity contribution in [1.82, 2.24) is 4.90 Å². The molecule has 1 heterocycles. The van der Waals surface area contributed by atoms with Crippen LogP contribution in [0.3, 0.4) is 0 Å². The molecule has 1 aliphatic heterocycles. The van der Waals surface area contributed by atoms with Gasteiger partial charge in [-0.1, -0.05) is 30.3 Å². The average Bonchev–Trinajstić information content (AvgIpc) is 2.66. The van der Waals surface area contributed by atoms with Crippen LogP contribution in [0.2, 0.25) is 0 Å². The molecule has 0 bridgehead atoms. The van der Waals surface area contributed by atoms with Gasteiger partial charge in [-0.05, 0) is 39.2 Å². The number of nitrogens with two attached hydrogens (primary N) is 2. The second kappa shape index (κ2) is 9.84. The van der Waals surface area contributed by atoms with Gasteiger partial charge in [-0.3, -0.25) is 14.4 Å². The number of ether oxygens (including phenoxy) is 2. The van der Waals surface area contributed by atoms with E-state index in [4.69, 9.17) is 20.9 Å². The second-order valence-electron chi connectivity index (χ2n) is 8.27. The minimum Gasteiger partial charge on any atom is -0.459 e. The highest BCUT2D eigenvalue weighted by Crippen LogP contribution is 2.22. The van der Waals surface area contributed by atoms with Gasteiger partial charge in [-0.2, -0.15) is 0 Å². The molecule has 1 aromatic rings. The maximum atomic E-state index is 13.1.